The summed E-state index contributed by atoms with van der Waals surface area (Å²) in [6.07, 6.45) is 1.36. The summed E-state index contributed by atoms with van der Waals surface area (Å²) in [5.41, 5.74) is 1.65. The summed E-state index contributed by atoms with van der Waals surface area (Å²) in [6, 6.07) is 16.6. The van der Waals surface area contributed by atoms with E-state index in [9.17, 15) is 14.4 Å². The summed E-state index contributed by atoms with van der Waals surface area (Å²) in [5.74, 6) is -0.191. The van der Waals surface area contributed by atoms with Gasteiger partial charge in [0.25, 0.3) is 11.8 Å². The summed E-state index contributed by atoms with van der Waals surface area (Å²) in [7, 11) is 0. The first kappa shape index (κ1) is 27.2. The number of carbonyl (C=O) groups is 3. The van der Waals surface area contributed by atoms with Crippen LogP contribution in [0.15, 0.2) is 70.7 Å². The number of imide groups is 2. The van der Waals surface area contributed by atoms with Gasteiger partial charge in [0.2, 0.25) is 0 Å². The Morgan fingerprint density at radius 2 is 1.63 bits per heavy atom. The molecule has 1 fully saturated rings. The van der Waals surface area contributed by atoms with Crippen LogP contribution in [-0.2, 0) is 9.59 Å². The molecule has 0 saturated carbocycles. The first-order valence-corrected chi connectivity index (χ1v) is 12.9. The Labute approximate surface area is 233 Å². The number of amides is 4. The molecular weight excluding hydrogens is 576 g/mol. The van der Waals surface area contributed by atoms with Gasteiger partial charge in [0, 0.05) is 4.47 Å². The Bertz CT molecular complexity index is 1390. The number of halogens is 2. The summed E-state index contributed by atoms with van der Waals surface area (Å²) in [5, 5.41) is 2.43. The Hall–Kier alpha value is -3.82. The SMILES string of the molecule is CCOc1cc(/C=C2/C(=O)NC(=O)N(c3ccc(Br)cc3)C2=O)cc(Cl)c1OCCOc1ccc(C)cc1. The average Bonchev–Trinajstić information content (AvgIpc) is 2.88. The minimum Gasteiger partial charge on any atom is -0.490 e. The number of aryl methyl sites for hydroxylation is 1. The second kappa shape index (κ2) is 12.1. The Morgan fingerprint density at radius 1 is 0.947 bits per heavy atom. The highest BCUT2D eigenvalue weighted by Gasteiger charge is 2.36. The molecule has 10 heteroatoms. The van der Waals surface area contributed by atoms with E-state index in [4.69, 9.17) is 25.8 Å². The minimum atomic E-state index is -0.830. The largest absolute Gasteiger partial charge is 0.490 e. The van der Waals surface area contributed by atoms with Gasteiger partial charge in [0.1, 0.15) is 24.5 Å². The van der Waals surface area contributed by atoms with Crippen LogP contribution in [0.3, 0.4) is 0 Å². The van der Waals surface area contributed by atoms with Crippen molar-refractivity contribution in [3.05, 3.63) is 86.9 Å². The van der Waals surface area contributed by atoms with Crippen LogP contribution in [0.1, 0.15) is 18.1 Å². The number of rotatable bonds is 9. The maximum absolute atomic E-state index is 13.2. The molecule has 1 N–H and O–H groups in total. The first-order valence-electron chi connectivity index (χ1n) is 11.7. The molecule has 0 unspecified atom stereocenters. The van der Waals surface area contributed by atoms with Crippen molar-refractivity contribution in [1.29, 1.82) is 0 Å². The Morgan fingerprint density at radius 3 is 2.32 bits per heavy atom. The Kier molecular flexibility index (Phi) is 8.70. The highest BCUT2D eigenvalue weighted by molar-refractivity contribution is 9.10. The van der Waals surface area contributed by atoms with Gasteiger partial charge < -0.3 is 14.2 Å². The van der Waals surface area contributed by atoms with Crippen molar-refractivity contribution < 1.29 is 28.6 Å². The second-order valence-electron chi connectivity index (χ2n) is 8.21. The molecule has 0 aromatic heterocycles. The average molecular weight is 600 g/mol. The van der Waals surface area contributed by atoms with Crippen molar-refractivity contribution >= 4 is 57.1 Å². The van der Waals surface area contributed by atoms with Crippen LogP contribution in [0.25, 0.3) is 6.08 Å². The number of ether oxygens (including phenoxy) is 3. The molecule has 196 valence electrons. The molecule has 4 amide bonds. The van der Waals surface area contributed by atoms with Crippen LogP contribution in [0, 0.1) is 6.92 Å². The summed E-state index contributed by atoms with van der Waals surface area (Å²) >= 11 is 9.83. The molecule has 3 aromatic carbocycles. The number of urea groups is 1. The van der Waals surface area contributed by atoms with E-state index in [0.29, 0.717) is 29.4 Å². The van der Waals surface area contributed by atoms with Crippen LogP contribution >= 0.6 is 27.5 Å². The molecule has 4 rings (SSSR count). The fourth-order valence-electron chi connectivity index (χ4n) is 3.66. The van der Waals surface area contributed by atoms with E-state index in [1.54, 1.807) is 36.4 Å². The number of carbonyl (C=O) groups excluding carboxylic acids is 3. The van der Waals surface area contributed by atoms with Crippen molar-refractivity contribution in [2.45, 2.75) is 13.8 Å². The van der Waals surface area contributed by atoms with Gasteiger partial charge in [-0.15, -0.1) is 0 Å². The zero-order valence-electron chi connectivity index (χ0n) is 20.6. The second-order valence-corrected chi connectivity index (χ2v) is 9.53. The molecule has 1 heterocycles. The maximum atomic E-state index is 13.2. The van der Waals surface area contributed by atoms with Gasteiger partial charge in [-0.3, -0.25) is 14.9 Å². The van der Waals surface area contributed by atoms with Gasteiger partial charge >= 0.3 is 6.03 Å². The molecule has 8 nitrogen and oxygen atoms in total. The number of anilines is 1. The van der Waals surface area contributed by atoms with Crippen LogP contribution in [0.5, 0.6) is 17.2 Å². The van der Waals surface area contributed by atoms with Crippen LogP contribution < -0.4 is 24.4 Å². The van der Waals surface area contributed by atoms with Crippen LogP contribution in [-0.4, -0.2) is 37.7 Å². The zero-order valence-corrected chi connectivity index (χ0v) is 23.0. The van der Waals surface area contributed by atoms with Gasteiger partial charge in [-0.25, -0.2) is 9.69 Å². The highest BCUT2D eigenvalue weighted by Crippen LogP contribution is 2.37. The molecular formula is C28H24BrClN2O6. The van der Waals surface area contributed by atoms with Gasteiger partial charge in [-0.05, 0) is 74.0 Å². The molecule has 1 aliphatic rings. The van der Waals surface area contributed by atoms with E-state index >= 15 is 0 Å². The molecule has 1 saturated heterocycles. The van der Waals surface area contributed by atoms with E-state index in [-0.39, 0.29) is 23.8 Å². The predicted octanol–water partition coefficient (Wildman–Crippen LogP) is 5.93. The quantitative estimate of drug-likeness (QED) is 0.186. The van der Waals surface area contributed by atoms with Gasteiger partial charge in [-0.1, -0.05) is 45.2 Å². The smallest absolute Gasteiger partial charge is 0.335 e. The lowest BCUT2D eigenvalue weighted by molar-refractivity contribution is -0.122. The highest BCUT2D eigenvalue weighted by atomic mass is 79.9. The third-order valence-corrected chi connectivity index (χ3v) is 6.26. The first-order chi connectivity index (χ1) is 18.3. The van der Waals surface area contributed by atoms with Crippen molar-refractivity contribution in [2.75, 3.05) is 24.7 Å². The normalized spacial score (nSPS) is 14.5. The molecule has 38 heavy (non-hydrogen) atoms. The molecule has 0 radical (unpaired) electrons. The van der Waals surface area contributed by atoms with Gasteiger partial charge in [-0.2, -0.15) is 0 Å². The topological polar surface area (TPSA) is 94.2 Å². The fraction of sp³-hybridized carbons (Fsp3) is 0.179. The van der Waals surface area contributed by atoms with E-state index in [1.807, 2.05) is 38.1 Å². The van der Waals surface area contributed by atoms with Crippen molar-refractivity contribution in [1.82, 2.24) is 5.32 Å². The van der Waals surface area contributed by atoms with E-state index in [2.05, 4.69) is 21.2 Å². The van der Waals surface area contributed by atoms with E-state index in [0.717, 1.165) is 20.7 Å². The monoisotopic (exact) mass is 598 g/mol. The number of hydrogen-bond acceptors (Lipinski definition) is 6. The lowest BCUT2D eigenvalue weighted by Crippen LogP contribution is -2.54. The molecule has 3 aromatic rings. The van der Waals surface area contributed by atoms with Crippen molar-refractivity contribution in [3.63, 3.8) is 0 Å². The number of benzene rings is 3. The number of barbiturate groups is 1. The van der Waals surface area contributed by atoms with Crippen molar-refractivity contribution in [2.24, 2.45) is 0 Å². The zero-order chi connectivity index (χ0) is 27.2. The number of nitrogens with zero attached hydrogens (tertiary/aromatic N) is 1. The third kappa shape index (κ3) is 6.35. The molecule has 0 bridgehead atoms. The standard InChI is InChI=1S/C28H24BrClN2O6/c1-3-36-24-16-18(15-23(30)25(24)38-13-12-37-21-10-4-17(2)5-11-21)14-22-26(33)31-28(35)32(27(22)34)20-8-6-19(29)7-9-20/h4-11,14-16H,3,12-13H2,1-2H3,(H,31,33,35)/b22-14-. The summed E-state index contributed by atoms with van der Waals surface area (Å²) in [4.78, 5) is 39.1. The van der Waals surface area contributed by atoms with Crippen LogP contribution in [0.2, 0.25) is 5.02 Å². The number of hydrogen-bond donors (Lipinski definition) is 1. The molecule has 0 spiro atoms. The summed E-state index contributed by atoms with van der Waals surface area (Å²) < 4.78 is 18.0. The van der Waals surface area contributed by atoms with Gasteiger partial charge in [0.15, 0.2) is 11.5 Å². The molecule has 1 aliphatic heterocycles. The lowest BCUT2D eigenvalue weighted by Gasteiger charge is -2.26. The van der Waals surface area contributed by atoms with E-state index in [1.165, 1.54) is 6.08 Å². The van der Waals surface area contributed by atoms with Gasteiger partial charge in [0.05, 0.1) is 17.3 Å². The van der Waals surface area contributed by atoms with Crippen LogP contribution in [0.4, 0.5) is 10.5 Å². The Balaban J connectivity index is 1.54. The molecule has 0 aliphatic carbocycles. The van der Waals surface area contributed by atoms with E-state index < -0.39 is 17.8 Å². The molecule has 0 atom stereocenters. The summed E-state index contributed by atoms with van der Waals surface area (Å²) in [6.45, 7) is 4.63. The number of nitrogens with one attached hydrogen (secondary N) is 1. The van der Waals surface area contributed by atoms with Crippen molar-refractivity contribution in [3.8, 4) is 17.2 Å². The predicted molar refractivity (Wildman–Crippen MR) is 148 cm³/mol. The minimum absolute atomic E-state index is 0.208. The fourth-order valence-corrected chi connectivity index (χ4v) is 4.20. The maximum Gasteiger partial charge on any atom is 0.335 e. The lowest BCUT2D eigenvalue weighted by atomic mass is 10.1. The third-order valence-electron chi connectivity index (χ3n) is 5.45.